The Bertz CT molecular complexity index is 1930. The van der Waals surface area contributed by atoms with Gasteiger partial charge in [0.1, 0.15) is 5.58 Å². The molecular formula is C38H31IrN3O-2. The maximum atomic E-state index is 5.75. The van der Waals surface area contributed by atoms with Crippen LogP contribution >= 0.6 is 0 Å². The summed E-state index contributed by atoms with van der Waals surface area (Å²) in [4.78, 5) is 13.0. The number of fused-ring (bicyclic) bond motifs is 3. The molecule has 7 aromatic rings. The van der Waals surface area contributed by atoms with Crippen LogP contribution in [0.15, 0.2) is 126 Å². The van der Waals surface area contributed by atoms with E-state index in [0.29, 0.717) is 5.41 Å². The van der Waals surface area contributed by atoms with Crippen LogP contribution in [0, 0.1) is 17.5 Å². The third-order valence-electron chi connectivity index (χ3n) is 6.91. The van der Waals surface area contributed by atoms with Gasteiger partial charge in [-0.3, -0.25) is 0 Å². The van der Waals surface area contributed by atoms with Crippen molar-refractivity contribution >= 4 is 21.9 Å². The fraction of sp³-hybridized carbons (Fsp3) is 0.132. The smallest absolute Gasteiger partial charge is 0.151 e. The second-order valence-electron chi connectivity index (χ2n) is 11.5. The van der Waals surface area contributed by atoms with E-state index in [4.69, 9.17) is 4.42 Å². The summed E-state index contributed by atoms with van der Waals surface area (Å²) in [5.74, 6) is 0. The molecule has 0 N–H and O–H groups in total. The average molecular weight is 738 g/mol. The van der Waals surface area contributed by atoms with Gasteiger partial charge in [-0.2, -0.15) is 0 Å². The predicted molar refractivity (Wildman–Crippen MR) is 171 cm³/mol. The Morgan fingerprint density at radius 1 is 0.651 bits per heavy atom. The molecule has 4 aromatic heterocycles. The minimum atomic E-state index is 0. The van der Waals surface area contributed by atoms with Crippen LogP contribution in [0.4, 0.5) is 0 Å². The number of nitrogens with zero attached hydrogens (tertiary/aromatic N) is 3. The van der Waals surface area contributed by atoms with Gasteiger partial charge in [0.2, 0.25) is 0 Å². The molecule has 4 nitrogen and oxygen atoms in total. The maximum Gasteiger partial charge on any atom is 0.151 e. The summed E-state index contributed by atoms with van der Waals surface area (Å²) in [5, 5.41) is 2.17. The molecular weight excluding hydrogens is 707 g/mol. The van der Waals surface area contributed by atoms with E-state index in [0.717, 1.165) is 50.9 Å². The van der Waals surface area contributed by atoms with E-state index in [1.165, 1.54) is 16.7 Å². The van der Waals surface area contributed by atoms with E-state index in [1.807, 2.05) is 54.7 Å². The van der Waals surface area contributed by atoms with Crippen molar-refractivity contribution in [2.24, 2.45) is 5.41 Å². The van der Waals surface area contributed by atoms with E-state index in [-0.39, 0.29) is 20.1 Å². The first kappa shape index (κ1) is 30.0. The molecule has 0 amide bonds. The van der Waals surface area contributed by atoms with Gasteiger partial charge < -0.3 is 19.4 Å². The van der Waals surface area contributed by atoms with E-state index in [1.54, 1.807) is 24.7 Å². The van der Waals surface area contributed by atoms with Crippen LogP contribution in [0.3, 0.4) is 0 Å². The molecule has 1 radical (unpaired) electrons. The zero-order chi connectivity index (χ0) is 28.9. The molecule has 0 saturated heterocycles. The Hall–Kier alpha value is -4.44. The van der Waals surface area contributed by atoms with Crippen LogP contribution in [-0.2, 0) is 26.5 Å². The first-order valence-corrected chi connectivity index (χ1v) is 14.0. The number of benzene rings is 3. The first-order valence-electron chi connectivity index (χ1n) is 14.0. The third-order valence-corrected chi connectivity index (χ3v) is 6.91. The van der Waals surface area contributed by atoms with Crippen molar-refractivity contribution in [2.45, 2.75) is 27.2 Å². The second-order valence-corrected chi connectivity index (χ2v) is 11.5. The van der Waals surface area contributed by atoms with Crippen molar-refractivity contribution in [2.75, 3.05) is 0 Å². The summed E-state index contributed by atoms with van der Waals surface area (Å²) in [5.41, 5.74) is 9.51. The standard InChI is InChI=1S/C22H22N.C16H9N2O.Ir/c1-22(2,3)16-17-9-11-18(12-10-17)20-13-14-23-21(15-20)19-7-5-4-6-8-19;1-2-6-15-12(5-1)13-8-14(18-10-16(13)19-15)11-4-3-7-17-9-11;/h4-7,9-15H,16H2,1-3H3;1-3,5-10H;/q2*-1;. The summed E-state index contributed by atoms with van der Waals surface area (Å²) in [6, 6.07) is 39.2. The molecule has 0 aliphatic carbocycles. The van der Waals surface area contributed by atoms with E-state index >= 15 is 0 Å². The zero-order valence-electron chi connectivity index (χ0n) is 24.3. The first-order chi connectivity index (χ1) is 20.4. The Morgan fingerprint density at radius 2 is 1.42 bits per heavy atom. The monoisotopic (exact) mass is 738 g/mol. The topological polar surface area (TPSA) is 51.8 Å². The quantitative estimate of drug-likeness (QED) is 0.169. The number of pyridine rings is 3. The Labute approximate surface area is 266 Å². The van der Waals surface area contributed by atoms with Gasteiger partial charge in [-0.25, -0.2) is 0 Å². The zero-order valence-corrected chi connectivity index (χ0v) is 26.7. The molecule has 0 fully saturated rings. The molecule has 7 rings (SSSR count). The molecule has 0 atom stereocenters. The van der Waals surface area contributed by atoms with Crippen molar-refractivity contribution in [3.8, 4) is 33.6 Å². The van der Waals surface area contributed by atoms with Gasteiger partial charge in [0.25, 0.3) is 0 Å². The Morgan fingerprint density at radius 3 is 2.16 bits per heavy atom. The van der Waals surface area contributed by atoms with Gasteiger partial charge in [-0.1, -0.05) is 87.8 Å². The van der Waals surface area contributed by atoms with E-state index in [9.17, 15) is 0 Å². The van der Waals surface area contributed by atoms with Gasteiger partial charge in [0.05, 0.1) is 6.20 Å². The van der Waals surface area contributed by atoms with Crippen molar-refractivity contribution in [3.05, 3.63) is 140 Å². The summed E-state index contributed by atoms with van der Waals surface area (Å²) < 4.78 is 5.75. The van der Waals surface area contributed by atoms with Gasteiger partial charge in [0, 0.05) is 37.1 Å². The fourth-order valence-electron chi connectivity index (χ4n) is 4.98. The molecule has 0 aliphatic heterocycles. The van der Waals surface area contributed by atoms with Crippen LogP contribution < -0.4 is 0 Å². The number of para-hydroxylation sites is 1. The molecule has 215 valence electrons. The molecule has 4 heterocycles. The van der Waals surface area contributed by atoms with Crippen LogP contribution in [0.2, 0.25) is 0 Å². The minimum Gasteiger partial charge on any atom is -0.455 e. The number of rotatable bonds is 4. The Kier molecular flexibility index (Phi) is 9.25. The molecule has 0 spiro atoms. The molecule has 43 heavy (non-hydrogen) atoms. The predicted octanol–water partition coefficient (Wildman–Crippen LogP) is 9.65. The summed E-state index contributed by atoms with van der Waals surface area (Å²) in [7, 11) is 0. The number of aromatic nitrogens is 3. The molecule has 5 heteroatoms. The van der Waals surface area contributed by atoms with Gasteiger partial charge in [0.15, 0.2) is 5.58 Å². The number of hydrogen-bond donors (Lipinski definition) is 0. The minimum absolute atomic E-state index is 0. The SMILES string of the molecule is CC(C)(C)Cc1ccc(-c2ccnc(-c3[c-]cccc3)c2)cc1.[Ir].[c-]1ccncc1-c1cc2c(cn1)oc1ccccc12. The van der Waals surface area contributed by atoms with Gasteiger partial charge in [-0.15, -0.1) is 53.6 Å². The van der Waals surface area contributed by atoms with Crippen LogP contribution in [0.5, 0.6) is 0 Å². The van der Waals surface area contributed by atoms with Crippen LogP contribution in [0.1, 0.15) is 26.3 Å². The van der Waals surface area contributed by atoms with Gasteiger partial charge in [-0.05, 0) is 52.0 Å². The van der Waals surface area contributed by atoms with Crippen molar-refractivity contribution in [1.82, 2.24) is 15.0 Å². The molecule has 3 aromatic carbocycles. The van der Waals surface area contributed by atoms with Crippen LogP contribution in [-0.4, -0.2) is 15.0 Å². The van der Waals surface area contributed by atoms with E-state index < -0.39 is 0 Å². The summed E-state index contributed by atoms with van der Waals surface area (Å²) in [6.07, 6.45) is 8.18. The normalized spacial score (nSPS) is 11.0. The van der Waals surface area contributed by atoms with Gasteiger partial charge >= 0.3 is 0 Å². The average Bonchev–Trinajstić information content (AvgIpc) is 3.40. The Balaban J connectivity index is 0.000000170. The second kappa shape index (κ2) is 13.2. The maximum absolute atomic E-state index is 5.75. The van der Waals surface area contributed by atoms with E-state index in [2.05, 4.69) is 90.3 Å². The molecule has 0 unspecified atom stereocenters. The summed E-state index contributed by atoms with van der Waals surface area (Å²) >= 11 is 0. The fourth-order valence-corrected chi connectivity index (χ4v) is 4.98. The van der Waals surface area contributed by atoms with Crippen LogP contribution in [0.25, 0.3) is 55.6 Å². The largest absolute Gasteiger partial charge is 0.455 e. The third kappa shape index (κ3) is 7.32. The number of hydrogen-bond acceptors (Lipinski definition) is 4. The molecule has 0 bridgehead atoms. The van der Waals surface area contributed by atoms with Crippen molar-refractivity contribution in [3.63, 3.8) is 0 Å². The summed E-state index contributed by atoms with van der Waals surface area (Å²) in [6.45, 7) is 6.81. The number of furan rings is 1. The molecule has 0 saturated carbocycles. The van der Waals surface area contributed by atoms with Crippen molar-refractivity contribution < 1.29 is 24.5 Å². The molecule has 0 aliphatic rings. The van der Waals surface area contributed by atoms with Crippen molar-refractivity contribution in [1.29, 1.82) is 0 Å².